The molecule has 6 rings (SSSR count). The van der Waals surface area contributed by atoms with Crippen LogP contribution in [0.5, 0.6) is 11.5 Å². The first-order valence-electron chi connectivity index (χ1n) is 13.6. The minimum absolute atomic E-state index is 0.112. The number of hydrogen-bond acceptors (Lipinski definition) is 8. The Bertz CT molecular complexity index is 1620. The first-order chi connectivity index (χ1) is 19.6. The van der Waals surface area contributed by atoms with Gasteiger partial charge in [0, 0.05) is 28.2 Å². The number of Topliss-reactive ketones (excluding diaryl/α,β-unsaturated/α-hetero) is 1. The molecule has 9 nitrogen and oxygen atoms in total. The second-order valence-electron chi connectivity index (χ2n) is 10.8. The van der Waals surface area contributed by atoms with Crippen LogP contribution in [0.3, 0.4) is 0 Å². The summed E-state index contributed by atoms with van der Waals surface area (Å²) in [5, 5.41) is 30.5. The third-order valence-corrected chi connectivity index (χ3v) is 8.63. The van der Waals surface area contributed by atoms with Crippen molar-refractivity contribution in [2.24, 2.45) is 17.8 Å². The van der Waals surface area contributed by atoms with Gasteiger partial charge in [0.2, 0.25) is 11.8 Å². The van der Waals surface area contributed by atoms with E-state index in [2.05, 4.69) is 0 Å². The molecule has 1 fully saturated rings. The molecule has 4 aliphatic rings. The molecule has 3 aliphatic carbocycles. The number of amides is 2. The van der Waals surface area contributed by atoms with Crippen LogP contribution in [0, 0.1) is 17.8 Å². The van der Waals surface area contributed by atoms with Crippen molar-refractivity contribution in [3.05, 3.63) is 82.5 Å². The van der Waals surface area contributed by atoms with Crippen LogP contribution in [-0.2, 0) is 19.2 Å². The summed E-state index contributed by atoms with van der Waals surface area (Å²) in [6, 6.07) is 11.0. The third-order valence-electron chi connectivity index (χ3n) is 8.63. The number of anilines is 1. The van der Waals surface area contributed by atoms with Crippen LogP contribution >= 0.6 is 0 Å². The maximum absolute atomic E-state index is 14.0. The molecule has 0 unspecified atom stereocenters. The van der Waals surface area contributed by atoms with Gasteiger partial charge in [-0.05, 0) is 62.3 Å². The Morgan fingerprint density at radius 1 is 1.02 bits per heavy atom. The van der Waals surface area contributed by atoms with Gasteiger partial charge >= 0.3 is 7.12 Å². The Labute approximate surface area is 236 Å². The van der Waals surface area contributed by atoms with E-state index >= 15 is 0 Å². The molecular formula is C31H28BNO8. The lowest BCUT2D eigenvalue weighted by Gasteiger charge is -2.42. The smallest absolute Gasteiger partial charge is 0.488 e. The monoisotopic (exact) mass is 553 g/mol. The number of ether oxygens (including phenoxy) is 1. The standard InChI is InChI=1S/C31H28BNO8/c1-3-41-24-9-5-8-19(29(24)36)25-18-10-11-20-26(21(18)14-22-23(34)12-15(2)28(35)27(22)25)31(38)33(30(20)37)17-7-4-6-16(13-17)32(39)40/h4-10,12-13,20-21,25-26,36,39-40H,3,11,14H2,1-2H3/t20-,21+,25+,26-/m0/s1. The van der Waals surface area contributed by atoms with Crippen molar-refractivity contribution in [2.75, 3.05) is 11.5 Å². The number of para-hydroxylation sites is 1. The number of hydrogen-bond donors (Lipinski definition) is 3. The van der Waals surface area contributed by atoms with E-state index in [4.69, 9.17) is 4.74 Å². The van der Waals surface area contributed by atoms with Crippen molar-refractivity contribution in [2.45, 2.75) is 32.6 Å². The van der Waals surface area contributed by atoms with E-state index in [1.807, 2.05) is 6.08 Å². The second kappa shape index (κ2) is 9.97. The average Bonchev–Trinajstić information content (AvgIpc) is 3.21. The maximum Gasteiger partial charge on any atom is 0.488 e. The lowest BCUT2D eigenvalue weighted by atomic mass is 9.59. The van der Waals surface area contributed by atoms with Crippen molar-refractivity contribution in [3.8, 4) is 11.5 Å². The summed E-state index contributed by atoms with van der Waals surface area (Å²) in [5.74, 6) is -4.20. The average molecular weight is 553 g/mol. The van der Waals surface area contributed by atoms with Gasteiger partial charge in [0.1, 0.15) is 0 Å². The van der Waals surface area contributed by atoms with Gasteiger partial charge in [-0.15, -0.1) is 0 Å². The molecule has 0 spiro atoms. The first-order valence-corrected chi connectivity index (χ1v) is 13.6. The van der Waals surface area contributed by atoms with Crippen LogP contribution in [0.4, 0.5) is 5.69 Å². The Hall–Kier alpha value is -4.28. The largest absolute Gasteiger partial charge is 0.504 e. The Morgan fingerprint density at radius 2 is 1.78 bits per heavy atom. The fraction of sp³-hybridized carbons (Fsp3) is 0.290. The van der Waals surface area contributed by atoms with E-state index < -0.39 is 42.6 Å². The summed E-state index contributed by atoms with van der Waals surface area (Å²) in [7, 11) is -1.77. The summed E-state index contributed by atoms with van der Waals surface area (Å²) >= 11 is 0. The number of phenolic OH excluding ortho intramolecular Hbond substituents is 1. The summed E-state index contributed by atoms with van der Waals surface area (Å²) < 4.78 is 5.61. The molecule has 3 N–H and O–H groups in total. The SMILES string of the molecule is CCOc1cccc([C@H]2C3=CC[C@@H]4C(=O)N(c5cccc(B(O)O)c5)C(=O)[C@@H]4[C@@H]3CC3=C2C(=O)C(C)=CC3=O)c1O. The second-order valence-corrected chi connectivity index (χ2v) is 10.8. The number of carbonyl (C=O) groups is 4. The van der Waals surface area contributed by atoms with E-state index in [1.165, 1.54) is 18.2 Å². The molecule has 2 aromatic carbocycles. The van der Waals surface area contributed by atoms with Gasteiger partial charge in [-0.25, -0.2) is 0 Å². The number of rotatable bonds is 5. The van der Waals surface area contributed by atoms with Gasteiger partial charge < -0.3 is 19.9 Å². The fourth-order valence-electron chi connectivity index (χ4n) is 6.84. The van der Waals surface area contributed by atoms with Crippen LogP contribution in [0.2, 0.25) is 0 Å². The number of ketones is 2. The number of nitrogens with zero attached hydrogens (tertiary/aromatic N) is 1. The van der Waals surface area contributed by atoms with Gasteiger partial charge in [-0.2, -0.15) is 0 Å². The normalized spacial score (nSPS) is 25.4. The Kier molecular flexibility index (Phi) is 6.55. The minimum atomic E-state index is -1.77. The molecular weight excluding hydrogens is 525 g/mol. The quantitative estimate of drug-likeness (QED) is 0.221. The lowest BCUT2D eigenvalue weighted by Crippen LogP contribution is -2.40. The fourth-order valence-corrected chi connectivity index (χ4v) is 6.84. The van der Waals surface area contributed by atoms with Crippen LogP contribution in [0.1, 0.15) is 38.2 Å². The molecule has 0 radical (unpaired) electrons. The Morgan fingerprint density at radius 3 is 2.51 bits per heavy atom. The zero-order valence-electron chi connectivity index (χ0n) is 22.5. The van der Waals surface area contributed by atoms with Gasteiger partial charge in [0.25, 0.3) is 0 Å². The zero-order chi connectivity index (χ0) is 29.2. The molecule has 1 saturated heterocycles. The summed E-state index contributed by atoms with van der Waals surface area (Å²) in [6.45, 7) is 3.68. The first kappa shape index (κ1) is 26.9. The van der Waals surface area contributed by atoms with Crippen LogP contribution in [0.25, 0.3) is 0 Å². The number of benzene rings is 2. The molecule has 10 heteroatoms. The van der Waals surface area contributed by atoms with Gasteiger partial charge in [0.05, 0.1) is 24.1 Å². The molecule has 208 valence electrons. The third kappa shape index (κ3) is 4.09. The van der Waals surface area contributed by atoms with E-state index in [1.54, 1.807) is 44.2 Å². The van der Waals surface area contributed by atoms with Crippen molar-refractivity contribution < 1.29 is 39.1 Å². The molecule has 0 aromatic heterocycles. The molecule has 2 amide bonds. The van der Waals surface area contributed by atoms with Crippen molar-refractivity contribution >= 4 is 41.6 Å². The summed E-state index contributed by atoms with van der Waals surface area (Å²) in [5.41, 5.74) is 2.37. The molecule has 2 aromatic rings. The molecule has 41 heavy (non-hydrogen) atoms. The van der Waals surface area contributed by atoms with Crippen LogP contribution in [-0.4, -0.2) is 52.3 Å². The molecule has 0 bridgehead atoms. The number of imide groups is 1. The van der Waals surface area contributed by atoms with Crippen molar-refractivity contribution in [1.82, 2.24) is 0 Å². The molecule has 1 aliphatic heterocycles. The van der Waals surface area contributed by atoms with Gasteiger partial charge in [0.15, 0.2) is 23.1 Å². The van der Waals surface area contributed by atoms with E-state index in [-0.39, 0.29) is 52.6 Å². The highest BCUT2D eigenvalue weighted by molar-refractivity contribution is 6.58. The molecule has 0 saturated carbocycles. The van der Waals surface area contributed by atoms with E-state index in [0.29, 0.717) is 28.9 Å². The predicted octanol–water partition coefficient (Wildman–Crippen LogP) is 2.10. The summed E-state index contributed by atoms with van der Waals surface area (Å²) in [6.07, 6.45) is 3.54. The number of phenols is 1. The molecule has 4 atom stereocenters. The van der Waals surface area contributed by atoms with Crippen LogP contribution in [0.15, 0.2) is 76.9 Å². The number of carbonyl (C=O) groups excluding carboxylic acids is 4. The highest BCUT2D eigenvalue weighted by Crippen LogP contribution is 2.57. The number of aromatic hydroxyl groups is 1. The Balaban J connectivity index is 1.48. The lowest BCUT2D eigenvalue weighted by molar-refractivity contribution is -0.123. The highest BCUT2D eigenvalue weighted by Gasteiger charge is 2.57. The maximum atomic E-state index is 14.0. The highest BCUT2D eigenvalue weighted by atomic mass is 16.5. The minimum Gasteiger partial charge on any atom is -0.504 e. The van der Waals surface area contributed by atoms with Crippen molar-refractivity contribution in [3.63, 3.8) is 0 Å². The number of allylic oxidation sites excluding steroid dienone is 6. The van der Waals surface area contributed by atoms with Crippen molar-refractivity contribution in [1.29, 1.82) is 0 Å². The number of fused-ring (bicyclic) bond motifs is 3. The van der Waals surface area contributed by atoms with E-state index in [9.17, 15) is 34.3 Å². The predicted molar refractivity (Wildman–Crippen MR) is 149 cm³/mol. The van der Waals surface area contributed by atoms with E-state index in [0.717, 1.165) is 4.90 Å². The van der Waals surface area contributed by atoms with Crippen LogP contribution < -0.4 is 15.1 Å². The van der Waals surface area contributed by atoms with Gasteiger partial charge in [-0.3, -0.25) is 24.1 Å². The molecule has 1 heterocycles. The van der Waals surface area contributed by atoms with Gasteiger partial charge in [-0.1, -0.05) is 35.9 Å². The zero-order valence-corrected chi connectivity index (χ0v) is 22.5. The summed E-state index contributed by atoms with van der Waals surface area (Å²) in [4.78, 5) is 55.6. The topological polar surface area (TPSA) is 141 Å².